The third-order valence-corrected chi connectivity index (χ3v) is 7.55. The molecule has 1 unspecified atom stereocenters. The number of nitrogens with one attached hydrogen (secondary N) is 1. The number of nitrogens with zero attached hydrogens (tertiary/aromatic N) is 4. The second-order valence-corrected chi connectivity index (χ2v) is 10.3. The minimum atomic E-state index is -3.99. The highest BCUT2D eigenvalue weighted by molar-refractivity contribution is 7.93. The lowest BCUT2D eigenvalue weighted by Gasteiger charge is -2.26. The Kier molecular flexibility index (Phi) is 4.74. The number of sulfonamides is 1. The number of alkyl halides is 1. The Labute approximate surface area is 170 Å². The molecular weight excluding hydrogens is 421 g/mol. The number of fused-ring (bicyclic) bond motifs is 1. The largest absolute Gasteiger partial charge is 0.501 e. The minimum Gasteiger partial charge on any atom is -0.249 e. The van der Waals surface area contributed by atoms with Gasteiger partial charge in [0.2, 0.25) is 10.0 Å². The zero-order valence-electron chi connectivity index (χ0n) is 15.8. The predicted molar refractivity (Wildman–Crippen MR) is 102 cm³/mol. The van der Waals surface area contributed by atoms with Crippen molar-refractivity contribution >= 4 is 39.0 Å². The Morgan fingerprint density at radius 1 is 1.34 bits per heavy atom. The molecular formula is C17H19FN5O4S2+. The molecule has 1 saturated carbocycles. The fraction of sp³-hybridized carbons (Fsp3) is 0.471. The van der Waals surface area contributed by atoms with Crippen LogP contribution in [-0.4, -0.2) is 65.0 Å². The maximum atomic E-state index is 13.1. The Bertz CT molecular complexity index is 1100. The predicted octanol–water partition coefficient (Wildman–Crippen LogP) is 0.883. The van der Waals surface area contributed by atoms with Gasteiger partial charge in [0.05, 0.1) is 17.5 Å². The van der Waals surface area contributed by atoms with E-state index in [0.29, 0.717) is 28.6 Å². The van der Waals surface area contributed by atoms with Gasteiger partial charge in [0.1, 0.15) is 23.3 Å². The molecule has 3 amide bonds. The van der Waals surface area contributed by atoms with Crippen molar-refractivity contribution in [1.29, 1.82) is 0 Å². The highest BCUT2D eigenvalue weighted by Crippen LogP contribution is 2.37. The third kappa shape index (κ3) is 3.55. The molecule has 2 aliphatic carbocycles. The SMILES string of the molecule is Cc1nnc(CN2C(=O)C3C=C(S(=O)(=O)NC4(CF)CC4)C=CC3=[N+](C)C2=O)s1. The number of amides is 3. The molecule has 1 aromatic rings. The highest BCUT2D eigenvalue weighted by Gasteiger charge is 2.49. The molecule has 1 fully saturated rings. The van der Waals surface area contributed by atoms with Crippen molar-refractivity contribution in [3.8, 4) is 0 Å². The van der Waals surface area contributed by atoms with Gasteiger partial charge in [-0.1, -0.05) is 11.3 Å². The number of rotatable bonds is 6. The number of imide groups is 1. The van der Waals surface area contributed by atoms with Crippen molar-refractivity contribution < 1.29 is 27.0 Å². The van der Waals surface area contributed by atoms with Gasteiger partial charge in [-0.2, -0.15) is 14.3 Å². The normalized spacial score (nSPS) is 23.3. The Morgan fingerprint density at radius 2 is 2.07 bits per heavy atom. The van der Waals surface area contributed by atoms with Gasteiger partial charge in [-0.15, -0.1) is 10.2 Å². The number of carbonyl (C=O) groups excluding carboxylic acids is 2. The molecule has 0 spiro atoms. The zero-order chi connectivity index (χ0) is 21.0. The summed E-state index contributed by atoms with van der Waals surface area (Å²) in [5.41, 5.74) is -0.655. The monoisotopic (exact) mass is 440 g/mol. The first-order valence-electron chi connectivity index (χ1n) is 8.90. The van der Waals surface area contributed by atoms with Crippen LogP contribution in [0.1, 0.15) is 22.9 Å². The number of carbonyl (C=O) groups is 2. The standard InChI is InChI=1S/C17H19FN5O4S2/c1-10-19-20-14(28-10)8-23-15(24)12-7-11(3-4-13(12)22(2)16(23)25)29(26,27)21-17(9-18)5-6-17/h3-4,7,12,21H,5-6,8-9H2,1-2H3/q+1. The number of allylic oxidation sites excluding steroid dienone is 2. The summed E-state index contributed by atoms with van der Waals surface area (Å²) in [4.78, 5) is 26.6. The molecule has 9 nitrogen and oxygen atoms in total. The molecule has 4 rings (SSSR count). The lowest BCUT2D eigenvalue weighted by Crippen LogP contribution is -2.53. The quantitative estimate of drug-likeness (QED) is 0.658. The summed E-state index contributed by atoms with van der Waals surface area (Å²) in [5.74, 6) is -1.48. The van der Waals surface area contributed by atoms with E-state index in [1.54, 1.807) is 6.92 Å². The highest BCUT2D eigenvalue weighted by atomic mass is 32.2. The minimum absolute atomic E-state index is 0.0415. The summed E-state index contributed by atoms with van der Waals surface area (Å²) in [7, 11) is -2.47. The van der Waals surface area contributed by atoms with Crippen molar-refractivity contribution in [3.05, 3.63) is 33.1 Å². The first-order valence-corrected chi connectivity index (χ1v) is 11.2. The van der Waals surface area contributed by atoms with Crippen LogP contribution in [0.2, 0.25) is 0 Å². The van der Waals surface area contributed by atoms with Crippen LogP contribution in [0, 0.1) is 12.8 Å². The molecule has 2 heterocycles. The van der Waals surface area contributed by atoms with Gasteiger partial charge in [-0.05, 0) is 38.0 Å². The van der Waals surface area contributed by atoms with Crippen LogP contribution < -0.4 is 4.72 Å². The van der Waals surface area contributed by atoms with Crippen LogP contribution in [-0.2, 0) is 21.4 Å². The second kappa shape index (κ2) is 6.89. The van der Waals surface area contributed by atoms with Gasteiger partial charge in [-0.3, -0.25) is 0 Å². The van der Waals surface area contributed by atoms with Crippen LogP contribution in [0.3, 0.4) is 0 Å². The number of hydrogen-bond donors (Lipinski definition) is 1. The van der Waals surface area contributed by atoms with E-state index in [1.165, 1.54) is 41.2 Å². The fourth-order valence-electron chi connectivity index (χ4n) is 3.27. The molecule has 1 aliphatic heterocycles. The van der Waals surface area contributed by atoms with Crippen molar-refractivity contribution in [2.75, 3.05) is 13.7 Å². The number of aryl methyl sites for hydroxylation is 1. The molecule has 1 atom stereocenters. The molecule has 154 valence electrons. The van der Waals surface area contributed by atoms with E-state index in [-0.39, 0.29) is 11.4 Å². The average molecular weight is 441 g/mol. The number of urea groups is 1. The lowest BCUT2D eigenvalue weighted by molar-refractivity contribution is -0.406. The van der Waals surface area contributed by atoms with Crippen molar-refractivity contribution in [2.24, 2.45) is 5.92 Å². The molecule has 0 aromatic carbocycles. The lowest BCUT2D eigenvalue weighted by atomic mass is 9.94. The molecule has 0 saturated heterocycles. The summed E-state index contributed by atoms with van der Waals surface area (Å²) in [6.07, 6.45) is 4.94. The molecule has 0 radical (unpaired) electrons. The second-order valence-electron chi connectivity index (χ2n) is 7.31. The Morgan fingerprint density at radius 3 is 2.66 bits per heavy atom. The maximum Gasteiger partial charge on any atom is 0.501 e. The first kappa shape index (κ1) is 20.0. The smallest absolute Gasteiger partial charge is 0.249 e. The zero-order valence-corrected chi connectivity index (χ0v) is 17.4. The summed E-state index contributed by atoms with van der Waals surface area (Å²) in [6.45, 7) is 0.942. The van der Waals surface area contributed by atoms with E-state index in [2.05, 4.69) is 14.9 Å². The van der Waals surface area contributed by atoms with E-state index in [1.807, 2.05) is 0 Å². The van der Waals surface area contributed by atoms with E-state index in [0.717, 1.165) is 4.90 Å². The van der Waals surface area contributed by atoms with E-state index in [9.17, 15) is 22.4 Å². The van der Waals surface area contributed by atoms with Crippen LogP contribution in [0.5, 0.6) is 0 Å². The van der Waals surface area contributed by atoms with E-state index >= 15 is 0 Å². The molecule has 29 heavy (non-hydrogen) atoms. The van der Waals surface area contributed by atoms with Crippen LogP contribution in [0.4, 0.5) is 9.18 Å². The van der Waals surface area contributed by atoms with Gasteiger partial charge in [-0.25, -0.2) is 22.3 Å². The molecule has 1 N–H and O–H groups in total. The fourth-order valence-corrected chi connectivity index (χ4v) is 5.47. The van der Waals surface area contributed by atoms with E-state index in [4.69, 9.17) is 0 Å². The van der Waals surface area contributed by atoms with Crippen LogP contribution >= 0.6 is 11.3 Å². The van der Waals surface area contributed by atoms with Gasteiger partial charge < -0.3 is 0 Å². The van der Waals surface area contributed by atoms with Gasteiger partial charge in [0.25, 0.3) is 0 Å². The summed E-state index contributed by atoms with van der Waals surface area (Å²) >= 11 is 1.27. The first-order chi connectivity index (χ1) is 13.7. The third-order valence-electron chi connectivity index (χ3n) is 5.14. The Hall–Kier alpha value is -2.31. The molecule has 3 aliphatic rings. The summed E-state index contributed by atoms with van der Waals surface area (Å²) in [5, 5.41) is 9.04. The van der Waals surface area contributed by atoms with Crippen LogP contribution in [0.25, 0.3) is 0 Å². The Balaban J connectivity index is 1.65. The van der Waals surface area contributed by atoms with E-state index < -0.39 is 40.1 Å². The average Bonchev–Trinajstić information content (AvgIpc) is 3.33. The molecule has 1 aromatic heterocycles. The number of hydrogen-bond acceptors (Lipinski definition) is 7. The molecule has 12 heteroatoms. The number of aromatic nitrogens is 2. The summed E-state index contributed by atoms with van der Waals surface area (Å²) < 4.78 is 42.2. The summed E-state index contributed by atoms with van der Waals surface area (Å²) in [6, 6.07) is -0.522. The topological polar surface area (TPSA) is 112 Å². The molecule has 0 bridgehead atoms. The van der Waals surface area contributed by atoms with Crippen molar-refractivity contribution in [2.45, 2.75) is 31.8 Å². The van der Waals surface area contributed by atoms with Crippen LogP contribution in [0.15, 0.2) is 23.1 Å². The van der Waals surface area contributed by atoms with Crippen molar-refractivity contribution in [1.82, 2.24) is 19.8 Å². The van der Waals surface area contributed by atoms with Gasteiger partial charge in [0, 0.05) is 0 Å². The van der Waals surface area contributed by atoms with Gasteiger partial charge in [0.15, 0.2) is 11.6 Å². The van der Waals surface area contributed by atoms with Gasteiger partial charge >= 0.3 is 11.9 Å². The maximum absolute atomic E-state index is 13.1. The van der Waals surface area contributed by atoms with Crippen molar-refractivity contribution in [3.63, 3.8) is 0 Å². The number of halogens is 1.